The van der Waals surface area contributed by atoms with Gasteiger partial charge in [-0.15, -0.1) is 0 Å². The van der Waals surface area contributed by atoms with Gasteiger partial charge in [0.25, 0.3) is 5.91 Å². The number of hydroxylamine groups is 1. The van der Waals surface area contributed by atoms with Crippen LogP contribution in [0.4, 0.5) is 11.4 Å². The van der Waals surface area contributed by atoms with Gasteiger partial charge in [0.1, 0.15) is 0 Å². The summed E-state index contributed by atoms with van der Waals surface area (Å²) in [5.74, 6) is -0.728. The van der Waals surface area contributed by atoms with Crippen LogP contribution in [0, 0.1) is 18.8 Å². The van der Waals surface area contributed by atoms with E-state index in [2.05, 4.69) is 13.8 Å². The number of hydrogen-bond donors (Lipinski definition) is 0. The zero-order valence-electron chi connectivity index (χ0n) is 16.1. The molecular formula is C22H23ClN2O3. The normalized spacial score (nSPS) is 24.4. The van der Waals surface area contributed by atoms with E-state index in [1.165, 1.54) is 4.90 Å². The second kappa shape index (κ2) is 7.22. The zero-order valence-corrected chi connectivity index (χ0v) is 16.9. The van der Waals surface area contributed by atoms with Gasteiger partial charge in [-0.25, -0.2) is 9.96 Å². The van der Waals surface area contributed by atoms with Gasteiger partial charge in [-0.3, -0.25) is 14.4 Å². The lowest BCUT2D eigenvalue weighted by Crippen LogP contribution is -2.41. The van der Waals surface area contributed by atoms with Gasteiger partial charge in [0, 0.05) is 5.02 Å². The second-order valence-corrected chi connectivity index (χ2v) is 8.21. The summed E-state index contributed by atoms with van der Waals surface area (Å²) in [7, 11) is 0. The Labute approximate surface area is 169 Å². The molecule has 2 saturated heterocycles. The maximum absolute atomic E-state index is 13.4. The molecule has 0 aromatic heterocycles. The van der Waals surface area contributed by atoms with Crippen LogP contribution in [0.3, 0.4) is 0 Å². The molecule has 0 aliphatic carbocycles. The first-order chi connectivity index (χ1) is 13.4. The Kier molecular flexibility index (Phi) is 4.89. The summed E-state index contributed by atoms with van der Waals surface area (Å²) in [5, 5.41) is 2.29. The highest BCUT2D eigenvalue weighted by Gasteiger charge is 2.59. The molecule has 2 aromatic rings. The van der Waals surface area contributed by atoms with Crippen molar-refractivity contribution in [3.63, 3.8) is 0 Å². The number of imide groups is 1. The van der Waals surface area contributed by atoms with Gasteiger partial charge in [0.15, 0.2) is 6.10 Å². The van der Waals surface area contributed by atoms with Gasteiger partial charge in [-0.05, 0) is 49.1 Å². The molecule has 0 N–H and O–H groups in total. The second-order valence-electron chi connectivity index (χ2n) is 7.81. The quantitative estimate of drug-likeness (QED) is 0.717. The number of carbonyl (C=O) groups excluding carboxylic acids is 2. The molecule has 4 rings (SSSR count). The van der Waals surface area contributed by atoms with Crippen LogP contribution in [0.2, 0.25) is 5.02 Å². The zero-order chi connectivity index (χ0) is 20.0. The monoisotopic (exact) mass is 398 g/mol. The van der Waals surface area contributed by atoms with Gasteiger partial charge in [-0.1, -0.05) is 49.7 Å². The first kappa shape index (κ1) is 19.0. The van der Waals surface area contributed by atoms with Crippen molar-refractivity contribution in [2.75, 3.05) is 9.96 Å². The van der Waals surface area contributed by atoms with E-state index in [0.29, 0.717) is 22.2 Å². The van der Waals surface area contributed by atoms with Crippen LogP contribution in [0.1, 0.15) is 25.8 Å². The number of para-hydroxylation sites is 1. The van der Waals surface area contributed by atoms with Crippen LogP contribution in [0.15, 0.2) is 48.5 Å². The Morgan fingerprint density at radius 2 is 1.75 bits per heavy atom. The van der Waals surface area contributed by atoms with Crippen LogP contribution in [0.5, 0.6) is 0 Å². The summed E-state index contributed by atoms with van der Waals surface area (Å²) < 4.78 is 0. The molecule has 0 unspecified atom stereocenters. The van der Waals surface area contributed by atoms with Gasteiger partial charge >= 0.3 is 0 Å². The molecule has 146 valence electrons. The van der Waals surface area contributed by atoms with Crippen molar-refractivity contribution in [3.05, 3.63) is 59.1 Å². The maximum atomic E-state index is 13.4. The van der Waals surface area contributed by atoms with E-state index in [9.17, 15) is 9.59 Å². The third kappa shape index (κ3) is 2.99. The fourth-order valence-corrected chi connectivity index (χ4v) is 4.29. The van der Waals surface area contributed by atoms with Gasteiger partial charge < -0.3 is 0 Å². The number of amides is 2. The molecule has 2 aromatic carbocycles. The van der Waals surface area contributed by atoms with Crippen molar-refractivity contribution in [2.45, 2.75) is 39.3 Å². The third-order valence-corrected chi connectivity index (χ3v) is 5.85. The third-order valence-electron chi connectivity index (χ3n) is 5.44. The molecule has 5 nitrogen and oxygen atoms in total. The lowest BCUT2D eigenvalue weighted by Gasteiger charge is -2.29. The smallest absolute Gasteiger partial charge is 0.266 e. The first-order valence-electron chi connectivity index (χ1n) is 9.54. The van der Waals surface area contributed by atoms with Crippen molar-refractivity contribution < 1.29 is 14.4 Å². The SMILES string of the molecule is Cc1c(Cl)cccc1N1C(=O)[C@H]2[C@@H](CC(C)C)N(c3ccccc3)O[C@H]2C1=O. The average molecular weight is 399 g/mol. The van der Waals surface area contributed by atoms with Crippen LogP contribution in [-0.4, -0.2) is 24.0 Å². The van der Waals surface area contributed by atoms with E-state index in [1.54, 1.807) is 23.3 Å². The number of halogens is 1. The minimum Gasteiger partial charge on any atom is -0.273 e. The summed E-state index contributed by atoms with van der Waals surface area (Å²) in [6.45, 7) is 6.03. The molecule has 0 spiro atoms. The summed E-state index contributed by atoms with van der Waals surface area (Å²) in [5.41, 5.74) is 2.11. The van der Waals surface area contributed by atoms with Crippen molar-refractivity contribution in [1.82, 2.24) is 0 Å². The number of rotatable bonds is 4. The Balaban J connectivity index is 1.72. The predicted molar refractivity (Wildman–Crippen MR) is 109 cm³/mol. The molecule has 2 aliphatic rings. The molecule has 2 amide bonds. The number of fused-ring (bicyclic) bond motifs is 1. The number of hydrogen-bond acceptors (Lipinski definition) is 4. The Morgan fingerprint density at radius 1 is 1.04 bits per heavy atom. The molecular weight excluding hydrogens is 376 g/mol. The number of nitrogens with zero attached hydrogens (tertiary/aromatic N) is 2. The van der Waals surface area contributed by atoms with E-state index in [1.807, 2.05) is 37.3 Å². The van der Waals surface area contributed by atoms with Gasteiger partial charge in [0.2, 0.25) is 5.91 Å². The van der Waals surface area contributed by atoms with Crippen molar-refractivity contribution in [1.29, 1.82) is 0 Å². The Morgan fingerprint density at radius 3 is 2.43 bits per heavy atom. The highest BCUT2D eigenvalue weighted by Crippen LogP contribution is 2.43. The van der Waals surface area contributed by atoms with Crippen LogP contribution in [-0.2, 0) is 14.4 Å². The standard InChI is InChI=1S/C22H23ClN2O3/c1-13(2)12-18-19-20(28-25(18)15-8-5-4-6-9-15)22(27)24(21(19)26)17-11-7-10-16(23)14(17)3/h4-11,13,18-20H,12H2,1-3H3/t18-,19+,20-/m1/s1. The van der Waals surface area contributed by atoms with Crippen molar-refractivity contribution >= 4 is 34.8 Å². The minimum absolute atomic E-state index is 0.201. The number of anilines is 2. The maximum Gasteiger partial charge on any atom is 0.266 e. The van der Waals surface area contributed by atoms with E-state index in [4.69, 9.17) is 16.4 Å². The van der Waals surface area contributed by atoms with E-state index in [0.717, 1.165) is 12.1 Å². The largest absolute Gasteiger partial charge is 0.273 e. The molecule has 0 radical (unpaired) electrons. The lowest BCUT2D eigenvalue weighted by atomic mass is 9.90. The Hall–Kier alpha value is -2.37. The molecule has 0 bridgehead atoms. The molecule has 28 heavy (non-hydrogen) atoms. The summed E-state index contributed by atoms with van der Waals surface area (Å²) in [6.07, 6.45) is -0.0629. The summed E-state index contributed by atoms with van der Waals surface area (Å²) in [4.78, 5) is 33.9. The average Bonchev–Trinajstić information content (AvgIpc) is 3.15. The highest BCUT2D eigenvalue weighted by molar-refractivity contribution is 6.32. The lowest BCUT2D eigenvalue weighted by molar-refractivity contribution is -0.126. The fourth-order valence-electron chi connectivity index (χ4n) is 4.12. The number of carbonyl (C=O) groups is 2. The van der Waals surface area contributed by atoms with E-state index >= 15 is 0 Å². The molecule has 2 heterocycles. The molecule has 3 atom stereocenters. The van der Waals surface area contributed by atoms with Gasteiger partial charge in [-0.2, -0.15) is 0 Å². The molecule has 6 heteroatoms. The Bertz CT molecular complexity index is 915. The predicted octanol–water partition coefficient (Wildman–Crippen LogP) is 4.37. The first-order valence-corrected chi connectivity index (χ1v) is 9.92. The van der Waals surface area contributed by atoms with Crippen LogP contribution >= 0.6 is 11.6 Å². The van der Waals surface area contributed by atoms with Gasteiger partial charge in [0.05, 0.1) is 23.3 Å². The molecule has 0 saturated carbocycles. The van der Waals surface area contributed by atoms with Crippen molar-refractivity contribution in [3.8, 4) is 0 Å². The highest BCUT2D eigenvalue weighted by atomic mass is 35.5. The van der Waals surface area contributed by atoms with Crippen LogP contribution < -0.4 is 9.96 Å². The topological polar surface area (TPSA) is 49.9 Å². The van der Waals surface area contributed by atoms with E-state index in [-0.39, 0.29) is 17.9 Å². The van der Waals surface area contributed by atoms with E-state index < -0.39 is 12.0 Å². The summed E-state index contributed by atoms with van der Waals surface area (Å²) >= 11 is 6.22. The number of benzene rings is 2. The summed E-state index contributed by atoms with van der Waals surface area (Å²) in [6, 6.07) is 14.7. The fraction of sp³-hybridized carbons (Fsp3) is 0.364. The molecule has 2 fully saturated rings. The molecule has 2 aliphatic heterocycles. The van der Waals surface area contributed by atoms with Crippen LogP contribution in [0.25, 0.3) is 0 Å². The minimum atomic E-state index is -0.810. The van der Waals surface area contributed by atoms with Crippen molar-refractivity contribution in [2.24, 2.45) is 11.8 Å².